The Balaban J connectivity index is 1.94. The molecule has 0 saturated heterocycles. The Labute approximate surface area is 156 Å². The number of rotatable bonds is 2. The van der Waals surface area contributed by atoms with Gasteiger partial charge in [0.25, 0.3) is 5.70 Å². The lowest BCUT2D eigenvalue weighted by molar-refractivity contribution is -0.434. The van der Waals surface area contributed by atoms with Crippen LogP contribution in [0.25, 0.3) is 16.8 Å². The number of nitro groups is 1. The maximum absolute atomic E-state index is 14.2. The van der Waals surface area contributed by atoms with Crippen molar-refractivity contribution in [3.05, 3.63) is 92.4 Å². The highest BCUT2D eigenvalue weighted by atomic mass is 19.2. The van der Waals surface area contributed by atoms with Crippen LogP contribution in [-0.2, 0) is 0 Å². The zero-order valence-electron chi connectivity index (χ0n) is 13.9. The zero-order chi connectivity index (χ0) is 20.0. The largest absolute Gasteiger partial charge is 0.474 e. The lowest BCUT2D eigenvalue weighted by Gasteiger charge is -2.24. The summed E-state index contributed by atoms with van der Waals surface area (Å²) in [4.78, 5) is 10.8. The van der Waals surface area contributed by atoms with Gasteiger partial charge in [0.15, 0.2) is 11.6 Å². The average molecular weight is 382 g/mol. The molecule has 0 bridgehead atoms. The Bertz CT molecular complexity index is 1230. The summed E-state index contributed by atoms with van der Waals surface area (Å²) in [5.41, 5.74) is -0.322. The highest BCUT2D eigenvalue weighted by Crippen LogP contribution is 2.41. The molecule has 3 aromatic rings. The van der Waals surface area contributed by atoms with E-state index in [1.807, 2.05) is 6.07 Å². The maximum atomic E-state index is 14.2. The van der Waals surface area contributed by atoms with Gasteiger partial charge in [0.05, 0.1) is 16.6 Å². The number of halogens is 3. The van der Waals surface area contributed by atoms with Crippen LogP contribution in [-0.4, -0.2) is 4.92 Å². The van der Waals surface area contributed by atoms with Gasteiger partial charge in [0.1, 0.15) is 11.6 Å². The summed E-state index contributed by atoms with van der Waals surface area (Å²) in [6.45, 7) is 0. The van der Waals surface area contributed by atoms with E-state index in [0.717, 1.165) is 5.39 Å². The van der Waals surface area contributed by atoms with Crippen molar-refractivity contribution in [1.82, 2.24) is 0 Å². The van der Waals surface area contributed by atoms with Crippen molar-refractivity contribution in [3.63, 3.8) is 0 Å². The summed E-state index contributed by atoms with van der Waals surface area (Å²) in [5, 5.41) is 21.9. The second-order valence-corrected chi connectivity index (χ2v) is 6.14. The number of nitrogens with zero attached hydrogens (tertiary/aromatic N) is 2. The molecule has 1 aliphatic heterocycles. The van der Waals surface area contributed by atoms with Crippen molar-refractivity contribution >= 4 is 16.8 Å². The molecule has 5 nitrogen and oxygen atoms in total. The fourth-order valence-corrected chi connectivity index (χ4v) is 3.17. The van der Waals surface area contributed by atoms with Crippen molar-refractivity contribution in [2.75, 3.05) is 0 Å². The van der Waals surface area contributed by atoms with E-state index in [1.165, 1.54) is 6.08 Å². The van der Waals surface area contributed by atoms with Crippen molar-refractivity contribution in [2.45, 2.75) is 6.10 Å². The monoisotopic (exact) mass is 382 g/mol. The maximum Gasteiger partial charge on any atom is 0.291 e. The van der Waals surface area contributed by atoms with E-state index in [0.29, 0.717) is 28.6 Å². The third-order valence-corrected chi connectivity index (χ3v) is 4.49. The minimum atomic E-state index is -1.56. The smallest absolute Gasteiger partial charge is 0.291 e. The molecule has 0 amide bonds. The summed E-state index contributed by atoms with van der Waals surface area (Å²) in [5.74, 6) is -3.71. The van der Waals surface area contributed by atoms with Gasteiger partial charge in [-0.05, 0) is 35.0 Å². The summed E-state index contributed by atoms with van der Waals surface area (Å²) in [6, 6.07) is 10.9. The van der Waals surface area contributed by atoms with Crippen LogP contribution >= 0.6 is 0 Å². The van der Waals surface area contributed by atoms with E-state index in [-0.39, 0.29) is 5.75 Å². The summed E-state index contributed by atoms with van der Waals surface area (Å²) in [7, 11) is 0. The first-order valence-corrected chi connectivity index (χ1v) is 8.03. The molecule has 0 aromatic heterocycles. The Morgan fingerprint density at radius 2 is 1.75 bits per heavy atom. The van der Waals surface area contributed by atoms with Gasteiger partial charge in [0.2, 0.25) is 6.10 Å². The van der Waals surface area contributed by atoms with E-state index in [9.17, 15) is 23.3 Å². The van der Waals surface area contributed by atoms with Crippen LogP contribution in [0.15, 0.2) is 48.2 Å². The Morgan fingerprint density at radius 1 is 1.04 bits per heavy atom. The number of fused-ring (bicyclic) bond motifs is 3. The highest BCUT2D eigenvalue weighted by molar-refractivity contribution is 5.94. The molecule has 28 heavy (non-hydrogen) atoms. The fraction of sp³-hybridized carbons (Fsp3) is 0.0500. The van der Waals surface area contributed by atoms with Crippen LogP contribution in [0, 0.1) is 38.9 Å². The molecule has 0 fully saturated rings. The molecular weight excluding hydrogens is 373 g/mol. The molecule has 8 heteroatoms. The standard InChI is InChI=1S/C20H9F3N2O3/c21-15-8-17(23)16(22)6-14(15)20-18(25(26)27)7-13-12-5-10(9-24)1-2-11(12)3-4-19(13)28-20/h1-8,20H. The van der Waals surface area contributed by atoms with Crippen molar-refractivity contribution < 1.29 is 22.8 Å². The van der Waals surface area contributed by atoms with Gasteiger partial charge in [-0.2, -0.15) is 5.26 Å². The van der Waals surface area contributed by atoms with Gasteiger partial charge in [-0.15, -0.1) is 0 Å². The first kappa shape index (κ1) is 17.5. The minimum absolute atomic E-state index is 0.197. The quantitative estimate of drug-likeness (QED) is 0.360. The van der Waals surface area contributed by atoms with Gasteiger partial charge in [-0.3, -0.25) is 10.1 Å². The SMILES string of the molecule is N#Cc1ccc2ccc3c(c2c1)C=C([N+](=O)[O-])C(c1cc(F)c(F)cc1F)O3. The van der Waals surface area contributed by atoms with Gasteiger partial charge in [-0.25, -0.2) is 13.2 Å². The molecule has 0 N–H and O–H groups in total. The Kier molecular flexibility index (Phi) is 4.00. The molecular formula is C20H9F3N2O3. The molecule has 1 atom stereocenters. The van der Waals surface area contributed by atoms with Crippen LogP contribution in [0.3, 0.4) is 0 Å². The molecule has 1 unspecified atom stereocenters. The molecule has 0 radical (unpaired) electrons. The third-order valence-electron chi connectivity index (χ3n) is 4.49. The molecule has 4 rings (SSSR count). The molecule has 0 spiro atoms. The number of nitriles is 1. The molecule has 0 aliphatic carbocycles. The normalized spacial score (nSPS) is 15.4. The zero-order valence-corrected chi connectivity index (χ0v) is 13.9. The van der Waals surface area contributed by atoms with Crippen LogP contribution < -0.4 is 4.74 Å². The number of hydrogen-bond acceptors (Lipinski definition) is 4. The van der Waals surface area contributed by atoms with Crippen LogP contribution in [0.4, 0.5) is 13.2 Å². The first-order valence-electron chi connectivity index (χ1n) is 8.03. The second-order valence-electron chi connectivity index (χ2n) is 6.14. The fourth-order valence-electron chi connectivity index (χ4n) is 3.17. The number of ether oxygens (including phenoxy) is 1. The minimum Gasteiger partial charge on any atom is -0.474 e. The molecule has 138 valence electrons. The van der Waals surface area contributed by atoms with Crippen LogP contribution in [0.2, 0.25) is 0 Å². The lowest BCUT2D eigenvalue weighted by atomic mass is 9.95. The van der Waals surface area contributed by atoms with Gasteiger partial charge < -0.3 is 4.74 Å². The van der Waals surface area contributed by atoms with Crippen molar-refractivity contribution in [1.29, 1.82) is 5.26 Å². The van der Waals surface area contributed by atoms with E-state index in [2.05, 4.69) is 0 Å². The lowest BCUT2D eigenvalue weighted by Crippen LogP contribution is -2.21. The van der Waals surface area contributed by atoms with E-state index in [1.54, 1.807) is 30.3 Å². The Hall–Kier alpha value is -3.86. The first-order chi connectivity index (χ1) is 13.4. The average Bonchev–Trinajstić information content (AvgIpc) is 2.69. The van der Waals surface area contributed by atoms with Gasteiger partial charge in [-0.1, -0.05) is 12.1 Å². The van der Waals surface area contributed by atoms with Crippen LogP contribution in [0.5, 0.6) is 5.75 Å². The summed E-state index contributed by atoms with van der Waals surface area (Å²) < 4.78 is 46.7. The summed E-state index contributed by atoms with van der Waals surface area (Å²) >= 11 is 0. The third kappa shape index (κ3) is 2.74. The number of benzene rings is 3. The molecule has 3 aromatic carbocycles. The second kappa shape index (κ2) is 6.39. The van der Waals surface area contributed by atoms with Gasteiger partial charge in [0, 0.05) is 23.3 Å². The Morgan fingerprint density at radius 3 is 2.46 bits per heavy atom. The molecule has 1 aliphatic rings. The predicted octanol–water partition coefficient (Wildman–Crippen LogP) is 4.88. The van der Waals surface area contributed by atoms with Crippen molar-refractivity contribution in [2.24, 2.45) is 0 Å². The topological polar surface area (TPSA) is 76.2 Å². The highest BCUT2D eigenvalue weighted by Gasteiger charge is 2.36. The predicted molar refractivity (Wildman–Crippen MR) is 93.3 cm³/mol. The molecule has 0 saturated carbocycles. The van der Waals surface area contributed by atoms with E-state index < -0.39 is 39.7 Å². The van der Waals surface area contributed by atoms with E-state index >= 15 is 0 Å². The van der Waals surface area contributed by atoms with Crippen molar-refractivity contribution in [3.8, 4) is 11.8 Å². The summed E-state index contributed by atoms with van der Waals surface area (Å²) in [6.07, 6.45) is -0.359. The van der Waals surface area contributed by atoms with Crippen LogP contribution in [0.1, 0.15) is 22.8 Å². The number of hydrogen-bond donors (Lipinski definition) is 0. The van der Waals surface area contributed by atoms with E-state index in [4.69, 9.17) is 10.00 Å². The van der Waals surface area contributed by atoms with Gasteiger partial charge >= 0.3 is 0 Å². The molecule has 1 heterocycles.